The Bertz CT molecular complexity index is 299. The lowest BCUT2D eigenvalue weighted by atomic mass is 10.2. The van der Waals surface area contributed by atoms with Gasteiger partial charge in [0.15, 0.2) is 6.29 Å². The van der Waals surface area contributed by atoms with Gasteiger partial charge in [0.1, 0.15) is 0 Å². The van der Waals surface area contributed by atoms with Crippen LogP contribution in [0.4, 0.5) is 5.69 Å². The maximum absolute atomic E-state index is 10.6. The summed E-state index contributed by atoms with van der Waals surface area (Å²) in [6.07, 6.45) is 1.85. The molecule has 0 atom stereocenters. The Labute approximate surface area is 82.9 Å². The Kier molecular flexibility index (Phi) is 3.77. The highest BCUT2D eigenvalue weighted by Crippen LogP contribution is 2.19. The Morgan fingerprint density at radius 3 is 2.92 bits per heavy atom. The molecular formula is C10H12ClNO. The summed E-state index contributed by atoms with van der Waals surface area (Å²) in [4.78, 5) is 10.6. The van der Waals surface area contributed by atoms with Crippen molar-refractivity contribution in [3.63, 3.8) is 0 Å². The third-order valence-corrected chi connectivity index (χ3v) is 1.94. The third kappa shape index (κ3) is 2.74. The molecule has 0 aliphatic carbocycles. The second kappa shape index (κ2) is 4.87. The summed E-state index contributed by atoms with van der Waals surface area (Å²) in [5.41, 5.74) is 1.46. The molecule has 0 amide bonds. The predicted molar refractivity (Wildman–Crippen MR) is 55.6 cm³/mol. The second-order valence-corrected chi connectivity index (χ2v) is 3.21. The highest BCUT2D eigenvalue weighted by Gasteiger charge is 2.00. The molecule has 1 N–H and O–H groups in total. The maximum Gasteiger partial charge on any atom is 0.152 e. The molecule has 1 aromatic rings. The predicted octanol–water partition coefficient (Wildman–Crippen LogP) is 2.97. The number of hydrogen-bond donors (Lipinski definition) is 1. The standard InChI is InChI=1S/C10H12ClNO/c1-2-5-12-10-6-9(11)4-3-8(10)7-13/h3-4,6-7,12H,2,5H2,1H3. The van der Waals surface area contributed by atoms with Gasteiger partial charge in [0.25, 0.3) is 0 Å². The number of hydrogen-bond acceptors (Lipinski definition) is 2. The van der Waals surface area contributed by atoms with E-state index < -0.39 is 0 Å². The fourth-order valence-corrected chi connectivity index (χ4v) is 1.22. The lowest BCUT2D eigenvalue weighted by Gasteiger charge is -2.07. The van der Waals surface area contributed by atoms with Gasteiger partial charge in [-0.25, -0.2) is 0 Å². The quantitative estimate of drug-likeness (QED) is 0.752. The van der Waals surface area contributed by atoms with E-state index in [-0.39, 0.29) is 0 Å². The zero-order valence-electron chi connectivity index (χ0n) is 7.51. The van der Waals surface area contributed by atoms with Crippen molar-refractivity contribution in [3.8, 4) is 0 Å². The van der Waals surface area contributed by atoms with Gasteiger partial charge in [-0.3, -0.25) is 4.79 Å². The van der Waals surface area contributed by atoms with Gasteiger partial charge in [0.05, 0.1) is 0 Å². The molecule has 1 aromatic carbocycles. The van der Waals surface area contributed by atoms with Crippen molar-refractivity contribution < 1.29 is 4.79 Å². The largest absolute Gasteiger partial charge is 0.384 e. The molecule has 0 saturated carbocycles. The summed E-state index contributed by atoms with van der Waals surface area (Å²) in [5.74, 6) is 0. The van der Waals surface area contributed by atoms with Crippen LogP contribution in [0.3, 0.4) is 0 Å². The molecule has 70 valence electrons. The molecule has 0 aromatic heterocycles. The summed E-state index contributed by atoms with van der Waals surface area (Å²) in [6, 6.07) is 5.19. The Balaban J connectivity index is 2.87. The van der Waals surface area contributed by atoms with Gasteiger partial charge in [0, 0.05) is 22.8 Å². The van der Waals surface area contributed by atoms with Crippen LogP contribution in [0.1, 0.15) is 23.7 Å². The first-order valence-corrected chi connectivity index (χ1v) is 4.64. The lowest BCUT2D eigenvalue weighted by molar-refractivity contribution is 0.112. The number of carbonyl (C=O) groups excluding carboxylic acids is 1. The van der Waals surface area contributed by atoms with Crippen molar-refractivity contribution in [2.45, 2.75) is 13.3 Å². The SMILES string of the molecule is CCCNc1cc(Cl)ccc1C=O. The molecule has 0 heterocycles. The average Bonchev–Trinajstić information content (AvgIpc) is 2.15. The maximum atomic E-state index is 10.6. The summed E-state index contributed by atoms with van der Waals surface area (Å²) in [5, 5.41) is 3.78. The van der Waals surface area contributed by atoms with Crippen molar-refractivity contribution in [2.75, 3.05) is 11.9 Å². The smallest absolute Gasteiger partial charge is 0.152 e. The molecule has 0 unspecified atom stereocenters. The summed E-state index contributed by atoms with van der Waals surface area (Å²) >= 11 is 5.80. The van der Waals surface area contributed by atoms with Gasteiger partial charge in [-0.2, -0.15) is 0 Å². The van der Waals surface area contributed by atoms with Gasteiger partial charge < -0.3 is 5.32 Å². The first-order valence-electron chi connectivity index (χ1n) is 4.26. The van der Waals surface area contributed by atoms with E-state index in [4.69, 9.17) is 11.6 Å². The Morgan fingerprint density at radius 2 is 2.31 bits per heavy atom. The van der Waals surface area contributed by atoms with Crippen LogP contribution in [0.15, 0.2) is 18.2 Å². The van der Waals surface area contributed by atoms with E-state index in [1.54, 1.807) is 18.2 Å². The van der Waals surface area contributed by atoms with Crippen LogP contribution in [0.25, 0.3) is 0 Å². The van der Waals surface area contributed by atoms with Crippen LogP contribution in [0, 0.1) is 0 Å². The molecule has 0 saturated heterocycles. The topological polar surface area (TPSA) is 29.1 Å². The second-order valence-electron chi connectivity index (χ2n) is 2.78. The zero-order chi connectivity index (χ0) is 9.68. The van der Waals surface area contributed by atoms with E-state index >= 15 is 0 Å². The van der Waals surface area contributed by atoms with Crippen LogP contribution < -0.4 is 5.32 Å². The molecule has 13 heavy (non-hydrogen) atoms. The molecule has 0 aliphatic heterocycles. The average molecular weight is 198 g/mol. The normalized spacial score (nSPS) is 9.69. The number of nitrogens with one attached hydrogen (secondary N) is 1. The molecule has 0 fully saturated rings. The van der Waals surface area contributed by atoms with Crippen LogP contribution in [-0.2, 0) is 0 Å². The van der Waals surface area contributed by atoms with Gasteiger partial charge >= 0.3 is 0 Å². The third-order valence-electron chi connectivity index (χ3n) is 1.71. The van der Waals surface area contributed by atoms with Crippen molar-refractivity contribution in [1.29, 1.82) is 0 Å². The van der Waals surface area contributed by atoms with Gasteiger partial charge in [-0.05, 0) is 24.6 Å². The highest BCUT2D eigenvalue weighted by atomic mass is 35.5. The van der Waals surface area contributed by atoms with E-state index in [1.165, 1.54) is 0 Å². The molecule has 0 bridgehead atoms. The van der Waals surface area contributed by atoms with E-state index in [2.05, 4.69) is 12.2 Å². The molecule has 1 rings (SSSR count). The van der Waals surface area contributed by atoms with E-state index in [9.17, 15) is 4.79 Å². The van der Waals surface area contributed by atoms with Crippen LogP contribution in [0.5, 0.6) is 0 Å². The number of halogens is 1. The first-order chi connectivity index (χ1) is 6.27. The molecular weight excluding hydrogens is 186 g/mol. The number of benzene rings is 1. The number of anilines is 1. The first kappa shape index (κ1) is 10.1. The summed E-state index contributed by atoms with van der Waals surface area (Å²) < 4.78 is 0. The fraction of sp³-hybridized carbons (Fsp3) is 0.300. The zero-order valence-corrected chi connectivity index (χ0v) is 8.27. The minimum Gasteiger partial charge on any atom is -0.384 e. The Hall–Kier alpha value is -1.02. The van der Waals surface area contributed by atoms with Gasteiger partial charge in [-0.1, -0.05) is 18.5 Å². The van der Waals surface area contributed by atoms with E-state index in [0.717, 1.165) is 24.9 Å². The molecule has 2 nitrogen and oxygen atoms in total. The number of carbonyl (C=O) groups is 1. The Morgan fingerprint density at radius 1 is 1.54 bits per heavy atom. The fourth-order valence-electron chi connectivity index (χ4n) is 1.04. The van der Waals surface area contributed by atoms with Crippen molar-refractivity contribution in [2.24, 2.45) is 0 Å². The van der Waals surface area contributed by atoms with Crippen LogP contribution >= 0.6 is 11.6 Å². The van der Waals surface area contributed by atoms with Crippen molar-refractivity contribution in [3.05, 3.63) is 28.8 Å². The van der Waals surface area contributed by atoms with Crippen molar-refractivity contribution >= 4 is 23.6 Å². The molecule has 0 aliphatic rings. The highest BCUT2D eigenvalue weighted by molar-refractivity contribution is 6.31. The monoisotopic (exact) mass is 197 g/mol. The summed E-state index contributed by atoms with van der Waals surface area (Å²) in [7, 11) is 0. The minimum absolute atomic E-state index is 0.643. The van der Waals surface area contributed by atoms with Crippen molar-refractivity contribution in [1.82, 2.24) is 0 Å². The number of rotatable bonds is 4. The van der Waals surface area contributed by atoms with Crippen LogP contribution in [-0.4, -0.2) is 12.8 Å². The van der Waals surface area contributed by atoms with Crippen LogP contribution in [0.2, 0.25) is 5.02 Å². The number of aldehydes is 1. The lowest BCUT2D eigenvalue weighted by Crippen LogP contribution is -2.02. The molecule has 3 heteroatoms. The molecule has 0 radical (unpaired) electrons. The minimum atomic E-state index is 0.643. The molecule has 0 spiro atoms. The summed E-state index contributed by atoms with van der Waals surface area (Å²) in [6.45, 7) is 2.92. The van der Waals surface area contributed by atoms with E-state index in [0.29, 0.717) is 10.6 Å². The van der Waals surface area contributed by atoms with Gasteiger partial charge in [0.2, 0.25) is 0 Å². The van der Waals surface area contributed by atoms with Gasteiger partial charge in [-0.15, -0.1) is 0 Å². The van der Waals surface area contributed by atoms with E-state index in [1.807, 2.05) is 0 Å².